The van der Waals surface area contributed by atoms with Crippen LogP contribution in [-0.4, -0.2) is 18.6 Å². The molecule has 0 saturated carbocycles. The number of anilines is 1. The van der Waals surface area contributed by atoms with Gasteiger partial charge in [0.1, 0.15) is 0 Å². The zero-order valence-electron chi connectivity index (χ0n) is 12.2. The molecule has 106 valence electrons. The Labute approximate surface area is 125 Å². The fraction of sp³-hybridized carbons (Fsp3) is 0.625. The van der Waals surface area contributed by atoms with E-state index in [1.807, 2.05) is 0 Å². The summed E-state index contributed by atoms with van der Waals surface area (Å²) in [5.41, 5.74) is 8.58. The average molecular weight is 325 g/mol. The van der Waals surface area contributed by atoms with Gasteiger partial charge in [0.25, 0.3) is 0 Å². The van der Waals surface area contributed by atoms with Gasteiger partial charge in [0.15, 0.2) is 0 Å². The van der Waals surface area contributed by atoms with Crippen LogP contribution in [0.3, 0.4) is 0 Å². The molecule has 1 heterocycles. The summed E-state index contributed by atoms with van der Waals surface area (Å²) in [6.07, 6.45) is 3.66. The number of rotatable bonds is 3. The fourth-order valence-electron chi connectivity index (χ4n) is 3.29. The third kappa shape index (κ3) is 3.32. The molecular formula is C16H25BrN2. The Hall–Kier alpha value is -0.540. The largest absolute Gasteiger partial charge is 0.366 e. The van der Waals surface area contributed by atoms with E-state index in [-0.39, 0.29) is 5.54 Å². The van der Waals surface area contributed by atoms with Crippen LogP contribution in [-0.2, 0) is 0 Å². The average Bonchev–Trinajstić information content (AvgIpc) is 2.32. The van der Waals surface area contributed by atoms with Crippen LogP contribution in [0.15, 0.2) is 22.7 Å². The van der Waals surface area contributed by atoms with Crippen molar-refractivity contribution >= 4 is 21.6 Å². The molecule has 1 aromatic rings. The minimum atomic E-state index is 0.221. The SMILES string of the molecule is Cc1cc(N2CCC(CCN)CC2(C)C)ccc1Br. The second kappa shape index (κ2) is 5.84. The van der Waals surface area contributed by atoms with E-state index in [1.54, 1.807) is 0 Å². The first-order valence-corrected chi connectivity index (χ1v) is 7.97. The second-order valence-electron chi connectivity index (χ2n) is 6.33. The topological polar surface area (TPSA) is 29.3 Å². The van der Waals surface area contributed by atoms with Crippen LogP contribution in [0.2, 0.25) is 0 Å². The molecule has 0 spiro atoms. The van der Waals surface area contributed by atoms with E-state index in [0.29, 0.717) is 0 Å². The first kappa shape index (κ1) is 14.9. The van der Waals surface area contributed by atoms with E-state index in [0.717, 1.165) is 25.4 Å². The molecular weight excluding hydrogens is 300 g/mol. The lowest BCUT2D eigenvalue weighted by atomic mass is 9.80. The van der Waals surface area contributed by atoms with Gasteiger partial charge in [-0.3, -0.25) is 0 Å². The van der Waals surface area contributed by atoms with Gasteiger partial charge in [0, 0.05) is 22.2 Å². The van der Waals surface area contributed by atoms with Crippen molar-refractivity contribution in [2.45, 2.75) is 45.6 Å². The first-order chi connectivity index (χ1) is 8.94. The molecule has 0 bridgehead atoms. The Balaban J connectivity index is 2.18. The summed E-state index contributed by atoms with van der Waals surface area (Å²) in [5.74, 6) is 0.785. The number of hydrogen-bond donors (Lipinski definition) is 1. The Morgan fingerprint density at radius 3 is 2.74 bits per heavy atom. The zero-order chi connectivity index (χ0) is 14.0. The van der Waals surface area contributed by atoms with E-state index in [2.05, 4.69) is 59.8 Å². The molecule has 1 saturated heterocycles. The fourth-order valence-corrected chi connectivity index (χ4v) is 3.54. The number of nitrogens with two attached hydrogens (primary N) is 1. The van der Waals surface area contributed by atoms with Crippen LogP contribution in [0.5, 0.6) is 0 Å². The van der Waals surface area contributed by atoms with Gasteiger partial charge in [-0.2, -0.15) is 0 Å². The summed E-state index contributed by atoms with van der Waals surface area (Å²) in [4.78, 5) is 2.56. The normalized spacial score (nSPS) is 22.6. The highest BCUT2D eigenvalue weighted by Gasteiger charge is 2.34. The van der Waals surface area contributed by atoms with Crippen molar-refractivity contribution in [3.63, 3.8) is 0 Å². The smallest absolute Gasteiger partial charge is 0.0374 e. The first-order valence-electron chi connectivity index (χ1n) is 7.18. The molecule has 19 heavy (non-hydrogen) atoms. The van der Waals surface area contributed by atoms with E-state index < -0.39 is 0 Å². The second-order valence-corrected chi connectivity index (χ2v) is 7.19. The summed E-state index contributed by atoms with van der Waals surface area (Å²) in [6.45, 7) is 8.82. The third-order valence-electron chi connectivity index (χ3n) is 4.31. The van der Waals surface area contributed by atoms with Crippen molar-refractivity contribution in [3.8, 4) is 0 Å². The summed E-state index contributed by atoms with van der Waals surface area (Å²) < 4.78 is 1.19. The minimum absolute atomic E-state index is 0.221. The van der Waals surface area contributed by atoms with E-state index in [9.17, 15) is 0 Å². The molecule has 2 N–H and O–H groups in total. The monoisotopic (exact) mass is 324 g/mol. The maximum atomic E-state index is 5.71. The molecule has 3 heteroatoms. The molecule has 0 aromatic heterocycles. The van der Waals surface area contributed by atoms with Gasteiger partial charge in [0.2, 0.25) is 0 Å². The number of benzene rings is 1. The molecule has 1 aliphatic rings. The van der Waals surface area contributed by atoms with Gasteiger partial charge in [-0.25, -0.2) is 0 Å². The van der Waals surface area contributed by atoms with Crippen molar-refractivity contribution in [1.82, 2.24) is 0 Å². The Kier molecular flexibility index (Phi) is 4.57. The van der Waals surface area contributed by atoms with E-state index >= 15 is 0 Å². The molecule has 1 fully saturated rings. The molecule has 0 radical (unpaired) electrons. The van der Waals surface area contributed by atoms with Gasteiger partial charge < -0.3 is 10.6 Å². The number of aryl methyl sites for hydroxylation is 1. The van der Waals surface area contributed by atoms with Crippen LogP contribution in [0.4, 0.5) is 5.69 Å². The lowest BCUT2D eigenvalue weighted by Crippen LogP contribution is -2.50. The van der Waals surface area contributed by atoms with Gasteiger partial charge in [-0.15, -0.1) is 0 Å². The highest BCUT2D eigenvalue weighted by Crippen LogP contribution is 2.37. The maximum absolute atomic E-state index is 5.71. The van der Waals surface area contributed by atoms with Gasteiger partial charge in [-0.1, -0.05) is 15.9 Å². The highest BCUT2D eigenvalue weighted by atomic mass is 79.9. The van der Waals surface area contributed by atoms with Crippen molar-refractivity contribution in [1.29, 1.82) is 0 Å². The van der Waals surface area contributed by atoms with Crippen LogP contribution in [0.25, 0.3) is 0 Å². The van der Waals surface area contributed by atoms with Crippen LogP contribution >= 0.6 is 15.9 Å². The van der Waals surface area contributed by atoms with E-state index in [1.165, 1.54) is 28.6 Å². The third-order valence-corrected chi connectivity index (χ3v) is 5.20. The summed E-state index contributed by atoms with van der Waals surface area (Å²) in [5, 5.41) is 0. The van der Waals surface area contributed by atoms with Crippen molar-refractivity contribution in [2.75, 3.05) is 18.0 Å². The molecule has 1 unspecified atom stereocenters. The quantitative estimate of drug-likeness (QED) is 0.906. The molecule has 2 rings (SSSR count). The van der Waals surface area contributed by atoms with Gasteiger partial charge in [-0.05, 0) is 76.3 Å². The number of nitrogens with zero attached hydrogens (tertiary/aromatic N) is 1. The van der Waals surface area contributed by atoms with Crippen molar-refractivity contribution < 1.29 is 0 Å². The standard InChI is InChI=1S/C16H25BrN2/c1-12-10-14(4-5-15(12)17)19-9-7-13(6-8-18)11-16(19,2)3/h4-5,10,13H,6-9,11,18H2,1-3H3. The minimum Gasteiger partial charge on any atom is -0.366 e. The summed E-state index contributed by atoms with van der Waals surface area (Å²) in [7, 11) is 0. The Morgan fingerprint density at radius 1 is 1.42 bits per heavy atom. The molecule has 2 nitrogen and oxygen atoms in total. The Morgan fingerprint density at radius 2 is 2.16 bits per heavy atom. The molecule has 1 aromatic carbocycles. The highest BCUT2D eigenvalue weighted by molar-refractivity contribution is 9.10. The Bertz CT molecular complexity index is 442. The summed E-state index contributed by atoms with van der Waals surface area (Å²) in [6, 6.07) is 6.67. The van der Waals surface area contributed by atoms with Crippen molar-refractivity contribution in [2.24, 2.45) is 11.7 Å². The number of hydrogen-bond acceptors (Lipinski definition) is 2. The van der Waals surface area contributed by atoms with Gasteiger partial charge in [0.05, 0.1) is 0 Å². The van der Waals surface area contributed by atoms with Crippen LogP contribution in [0, 0.1) is 12.8 Å². The van der Waals surface area contributed by atoms with Crippen LogP contribution < -0.4 is 10.6 Å². The van der Waals surface area contributed by atoms with Crippen molar-refractivity contribution in [3.05, 3.63) is 28.2 Å². The predicted octanol–water partition coefficient (Wildman–Crippen LogP) is 4.10. The number of halogens is 1. The number of piperidine rings is 1. The van der Waals surface area contributed by atoms with Gasteiger partial charge >= 0.3 is 0 Å². The summed E-state index contributed by atoms with van der Waals surface area (Å²) >= 11 is 3.58. The van der Waals surface area contributed by atoms with Crippen LogP contribution in [0.1, 0.15) is 38.7 Å². The lowest BCUT2D eigenvalue weighted by molar-refractivity contribution is 0.264. The maximum Gasteiger partial charge on any atom is 0.0374 e. The molecule has 1 atom stereocenters. The zero-order valence-corrected chi connectivity index (χ0v) is 13.8. The molecule has 1 aliphatic heterocycles. The lowest BCUT2D eigenvalue weighted by Gasteiger charge is -2.47. The molecule has 0 amide bonds. The van der Waals surface area contributed by atoms with E-state index in [4.69, 9.17) is 5.73 Å². The predicted molar refractivity (Wildman–Crippen MR) is 86.7 cm³/mol. The molecule has 0 aliphatic carbocycles.